The van der Waals surface area contributed by atoms with Crippen LogP contribution >= 0.6 is 11.8 Å². The number of carbonyl (C=O) groups is 3. The first-order valence-corrected chi connectivity index (χ1v) is 13.2. The van der Waals surface area contributed by atoms with Crippen LogP contribution in [0.4, 0.5) is 17.1 Å². The fraction of sp³-hybridized carbons (Fsp3) is 0.423. The first-order chi connectivity index (χ1) is 16.5. The highest BCUT2D eigenvalue weighted by Crippen LogP contribution is 2.40. The van der Waals surface area contributed by atoms with Gasteiger partial charge in [-0.2, -0.15) is 0 Å². The minimum absolute atomic E-state index is 0.00759. The number of benzene rings is 2. The van der Waals surface area contributed by atoms with E-state index in [1.54, 1.807) is 22.7 Å². The molecule has 3 aliphatic heterocycles. The maximum Gasteiger partial charge on any atom is 0.253 e. The van der Waals surface area contributed by atoms with Gasteiger partial charge < -0.3 is 15.1 Å². The Labute approximate surface area is 204 Å². The summed E-state index contributed by atoms with van der Waals surface area (Å²) in [4.78, 5) is 46.3. The molecule has 2 saturated heterocycles. The fourth-order valence-corrected chi connectivity index (χ4v) is 5.66. The van der Waals surface area contributed by atoms with E-state index in [1.165, 1.54) is 0 Å². The summed E-state index contributed by atoms with van der Waals surface area (Å²) in [6, 6.07) is 13.0. The molecule has 0 aliphatic carbocycles. The van der Waals surface area contributed by atoms with Crippen LogP contribution in [0.3, 0.4) is 0 Å². The molecule has 0 aromatic heterocycles. The lowest BCUT2D eigenvalue weighted by Crippen LogP contribution is -2.56. The molecule has 2 aromatic rings. The smallest absolute Gasteiger partial charge is 0.253 e. The largest absolute Gasteiger partial charge is 0.358 e. The van der Waals surface area contributed by atoms with Crippen LogP contribution in [0, 0.1) is 0 Å². The van der Waals surface area contributed by atoms with Gasteiger partial charge in [0.2, 0.25) is 11.8 Å². The maximum absolute atomic E-state index is 13.6. The third-order valence-electron chi connectivity index (χ3n) is 6.92. The van der Waals surface area contributed by atoms with E-state index in [0.29, 0.717) is 16.9 Å². The van der Waals surface area contributed by atoms with Gasteiger partial charge in [-0.15, -0.1) is 11.8 Å². The lowest BCUT2D eigenvalue weighted by molar-refractivity contribution is -0.123. The molecule has 178 valence electrons. The van der Waals surface area contributed by atoms with Crippen LogP contribution in [0.2, 0.25) is 0 Å². The van der Waals surface area contributed by atoms with Crippen LogP contribution in [-0.4, -0.2) is 61.1 Å². The molecule has 1 N–H and O–H groups in total. The van der Waals surface area contributed by atoms with Crippen LogP contribution in [0.25, 0.3) is 0 Å². The minimum Gasteiger partial charge on any atom is -0.358 e. The molecular formula is C26H30N4O3S. The van der Waals surface area contributed by atoms with E-state index in [0.717, 1.165) is 62.3 Å². The number of carbonyl (C=O) groups excluding carboxylic acids is 3. The van der Waals surface area contributed by atoms with Crippen LogP contribution in [-0.2, 0) is 9.59 Å². The van der Waals surface area contributed by atoms with Crippen molar-refractivity contribution in [2.45, 2.75) is 43.0 Å². The number of piperidine rings is 1. The molecule has 1 atom stereocenters. The van der Waals surface area contributed by atoms with E-state index in [-0.39, 0.29) is 30.3 Å². The molecule has 2 fully saturated rings. The Morgan fingerprint density at radius 3 is 2.59 bits per heavy atom. The van der Waals surface area contributed by atoms with Gasteiger partial charge in [-0.1, -0.05) is 6.07 Å². The summed E-state index contributed by atoms with van der Waals surface area (Å²) in [6.07, 6.45) is 6.84. The second-order valence-electron chi connectivity index (χ2n) is 9.11. The van der Waals surface area contributed by atoms with Crippen molar-refractivity contribution >= 4 is 46.5 Å². The molecular weight excluding hydrogens is 448 g/mol. The van der Waals surface area contributed by atoms with E-state index in [1.807, 2.05) is 47.6 Å². The average molecular weight is 479 g/mol. The quantitative estimate of drug-likeness (QED) is 0.658. The second kappa shape index (κ2) is 9.70. The number of amides is 3. The lowest BCUT2D eigenvalue weighted by Gasteiger charge is -2.45. The Hall–Kier alpha value is -3.00. The predicted octanol–water partition coefficient (Wildman–Crippen LogP) is 3.99. The molecule has 8 heteroatoms. The zero-order chi connectivity index (χ0) is 23.7. The summed E-state index contributed by atoms with van der Waals surface area (Å²) in [5.74, 6) is -0.323. The first-order valence-electron chi connectivity index (χ1n) is 12.0. The normalized spacial score (nSPS) is 19.6. The van der Waals surface area contributed by atoms with Gasteiger partial charge in [0, 0.05) is 35.8 Å². The molecule has 0 unspecified atom stereocenters. The van der Waals surface area contributed by atoms with E-state index in [9.17, 15) is 14.4 Å². The average Bonchev–Trinajstić information content (AvgIpc) is 3.41. The monoisotopic (exact) mass is 478 g/mol. The van der Waals surface area contributed by atoms with Gasteiger partial charge >= 0.3 is 0 Å². The van der Waals surface area contributed by atoms with Crippen LogP contribution in [0.5, 0.6) is 0 Å². The van der Waals surface area contributed by atoms with Gasteiger partial charge in [-0.05, 0) is 74.8 Å². The molecule has 5 rings (SSSR count). The zero-order valence-corrected chi connectivity index (χ0v) is 20.3. The van der Waals surface area contributed by atoms with Crippen molar-refractivity contribution in [1.29, 1.82) is 0 Å². The van der Waals surface area contributed by atoms with Crippen molar-refractivity contribution in [3.63, 3.8) is 0 Å². The second-order valence-corrected chi connectivity index (χ2v) is 9.99. The van der Waals surface area contributed by atoms with Gasteiger partial charge in [0.1, 0.15) is 12.6 Å². The van der Waals surface area contributed by atoms with Gasteiger partial charge in [0.15, 0.2) is 0 Å². The number of rotatable bonds is 5. The Bertz CT molecular complexity index is 1110. The van der Waals surface area contributed by atoms with Crippen LogP contribution < -0.4 is 15.1 Å². The number of nitrogens with one attached hydrogen (secondary N) is 1. The highest BCUT2D eigenvalue weighted by atomic mass is 32.2. The number of hydrogen-bond donors (Lipinski definition) is 1. The van der Waals surface area contributed by atoms with Gasteiger partial charge in [0.25, 0.3) is 5.91 Å². The summed E-state index contributed by atoms with van der Waals surface area (Å²) in [7, 11) is 0. The van der Waals surface area contributed by atoms with Crippen molar-refractivity contribution in [3.8, 4) is 0 Å². The summed E-state index contributed by atoms with van der Waals surface area (Å²) >= 11 is 1.61. The Kier molecular flexibility index (Phi) is 6.50. The molecule has 0 saturated carbocycles. The van der Waals surface area contributed by atoms with Crippen molar-refractivity contribution < 1.29 is 14.4 Å². The lowest BCUT2D eigenvalue weighted by atomic mass is 9.95. The Morgan fingerprint density at radius 2 is 1.79 bits per heavy atom. The van der Waals surface area contributed by atoms with Crippen molar-refractivity contribution in [2.24, 2.45) is 0 Å². The number of hydrogen-bond acceptors (Lipinski definition) is 5. The number of likely N-dealkylation sites (tertiary alicyclic amines) is 1. The molecule has 0 radical (unpaired) electrons. The summed E-state index contributed by atoms with van der Waals surface area (Å²) in [6.45, 7) is 2.26. The highest BCUT2D eigenvalue weighted by Gasteiger charge is 2.40. The highest BCUT2D eigenvalue weighted by molar-refractivity contribution is 7.98. The first kappa shape index (κ1) is 22.8. The fourth-order valence-electron chi connectivity index (χ4n) is 5.20. The van der Waals surface area contributed by atoms with Gasteiger partial charge in [-0.25, -0.2) is 0 Å². The third-order valence-corrected chi connectivity index (χ3v) is 7.65. The number of anilines is 3. The molecule has 3 heterocycles. The molecule has 7 nitrogen and oxygen atoms in total. The minimum atomic E-state index is -0.256. The van der Waals surface area contributed by atoms with Gasteiger partial charge in [-0.3, -0.25) is 19.3 Å². The van der Waals surface area contributed by atoms with E-state index in [4.69, 9.17) is 0 Å². The molecule has 0 spiro atoms. The van der Waals surface area contributed by atoms with Crippen molar-refractivity contribution in [1.82, 2.24) is 4.90 Å². The number of fused-ring (bicyclic) bond motifs is 3. The topological polar surface area (TPSA) is 73.0 Å². The van der Waals surface area contributed by atoms with Crippen LogP contribution in [0.15, 0.2) is 47.4 Å². The van der Waals surface area contributed by atoms with Crippen LogP contribution in [0.1, 0.15) is 42.5 Å². The molecule has 3 amide bonds. The predicted molar refractivity (Wildman–Crippen MR) is 136 cm³/mol. The van der Waals surface area contributed by atoms with Crippen molar-refractivity contribution in [2.75, 3.05) is 47.6 Å². The molecule has 3 aliphatic rings. The Balaban J connectivity index is 1.44. The Morgan fingerprint density at radius 1 is 1.00 bits per heavy atom. The van der Waals surface area contributed by atoms with E-state index in [2.05, 4.69) is 10.2 Å². The molecule has 2 aromatic carbocycles. The number of nitrogens with zero attached hydrogens (tertiary/aromatic N) is 3. The van der Waals surface area contributed by atoms with E-state index >= 15 is 0 Å². The van der Waals surface area contributed by atoms with Gasteiger partial charge in [0.05, 0.1) is 11.4 Å². The SMILES string of the molecule is CSc1cccc(NC(=O)CN2C(=O)[C@@H]3CCCCN3c3ccc(C(=O)N4CCCC4)cc32)c1. The standard InChI is InChI=1S/C26H30N4O3S/c1-34-20-8-6-7-19(16-20)27-24(31)17-30-23-15-18(25(32)28-12-4-5-13-28)10-11-21(23)29-14-3-2-9-22(29)26(30)33/h6-8,10-11,15-16,22H,2-5,9,12-14,17H2,1H3,(H,27,31)/t22-/m0/s1. The van der Waals surface area contributed by atoms with E-state index < -0.39 is 0 Å². The summed E-state index contributed by atoms with van der Waals surface area (Å²) in [5.41, 5.74) is 2.86. The summed E-state index contributed by atoms with van der Waals surface area (Å²) < 4.78 is 0. The summed E-state index contributed by atoms with van der Waals surface area (Å²) in [5, 5.41) is 2.93. The third kappa shape index (κ3) is 4.39. The molecule has 0 bridgehead atoms. The maximum atomic E-state index is 13.6. The zero-order valence-electron chi connectivity index (χ0n) is 19.5. The van der Waals surface area contributed by atoms with Crippen molar-refractivity contribution in [3.05, 3.63) is 48.0 Å². The number of thioether (sulfide) groups is 1. The molecule has 34 heavy (non-hydrogen) atoms.